The molecule has 0 aromatic heterocycles. The van der Waals surface area contributed by atoms with Crippen LogP contribution in [0.4, 0.5) is 11.4 Å². The second kappa shape index (κ2) is 8.01. The molecule has 0 radical (unpaired) electrons. The average molecular weight is 473 g/mol. The summed E-state index contributed by atoms with van der Waals surface area (Å²) in [5, 5.41) is 10.3. The molecule has 1 saturated carbocycles. The number of hydrogen-bond acceptors (Lipinski definition) is 4. The van der Waals surface area contributed by atoms with E-state index in [-0.39, 0.29) is 22.7 Å². The summed E-state index contributed by atoms with van der Waals surface area (Å²) in [6.45, 7) is 5.41. The molecule has 1 fully saturated rings. The molecule has 6 nitrogen and oxygen atoms in total. The predicted octanol–water partition coefficient (Wildman–Crippen LogP) is 5.88. The van der Waals surface area contributed by atoms with Crippen LogP contribution in [0, 0.1) is 11.3 Å². The van der Waals surface area contributed by atoms with Gasteiger partial charge in [0.05, 0.1) is 28.9 Å². The quantitative estimate of drug-likeness (QED) is 0.591. The third kappa shape index (κ3) is 3.93. The van der Waals surface area contributed by atoms with Gasteiger partial charge in [0.2, 0.25) is 5.91 Å². The van der Waals surface area contributed by atoms with E-state index in [1.165, 1.54) is 24.0 Å². The van der Waals surface area contributed by atoms with Crippen molar-refractivity contribution in [1.82, 2.24) is 0 Å². The zero-order valence-electron chi connectivity index (χ0n) is 17.9. The largest absolute Gasteiger partial charge is 0.478 e. The van der Waals surface area contributed by atoms with Crippen molar-refractivity contribution in [2.45, 2.75) is 39.7 Å². The molecular weight excluding hydrogens is 451 g/mol. The number of ketones is 1. The molecule has 0 saturated heterocycles. The second-order valence-electron chi connectivity index (χ2n) is 9.07. The molecule has 1 aliphatic carbocycles. The summed E-state index contributed by atoms with van der Waals surface area (Å²) in [7, 11) is 0. The number of benzene rings is 2. The maximum Gasteiger partial charge on any atom is 0.335 e. The van der Waals surface area contributed by atoms with E-state index in [2.05, 4.69) is 0 Å². The maximum absolute atomic E-state index is 13.5. The number of anilines is 1. The number of rotatable bonds is 2. The zero-order valence-corrected chi connectivity index (χ0v) is 19.4. The van der Waals surface area contributed by atoms with Gasteiger partial charge in [0.1, 0.15) is 5.78 Å². The van der Waals surface area contributed by atoms with Gasteiger partial charge in [-0.3, -0.25) is 14.6 Å². The molecule has 1 N–H and O–H groups in total. The molecule has 8 heteroatoms. The number of carbonyl (C=O) groups excluding carboxylic acids is 2. The van der Waals surface area contributed by atoms with Crippen molar-refractivity contribution >= 4 is 57.9 Å². The van der Waals surface area contributed by atoms with Crippen LogP contribution in [0.2, 0.25) is 10.0 Å². The SMILES string of the molecule is CC(=O)N1c2cc(C(=O)O)ccc2N=C2CC(C)(C)CC(=O)C2C1c1ccc(Cl)cc1Cl. The molecule has 1 aliphatic heterocycles. The Bertz CT molecular complexity index is 1190. The number of carboxylic acids is 1. The molecule has 1 amide bonds. The topological polar surface area (TPSA) is 87.0 Å². The molecule has 4 rings (SSSR count). The van der Waals surface area contributed by atoms with Gasteiger partial charge in [-0.2, -0.15) is 0 Å². The highest BCUT2D eigenvalue weighted by molar-refractivity contribution is 6.35. The number of hydrogen-bond donors (Lipinski definition) is 1. The van der Waals surface area contributed by atoms with Crippen LogP contribution in [-0.4, -0.2) is 28.5 Å². The van der Waals surface area contributed by atoms with Gasteiger partial charge >= 0.3 is 5.97 Å². The lowest BCUT2D eigenvalue weighted by atomic mass is 9.68. The molecule has 0 bridgehead atoms. The van der Waals surface area contributed by atoms with E-state index < -0.39 is 17.9 Å². The molecule has 1 heterocycles. The first-order valence-corrected chi connectivity index (χ1v) is 11.0. The normalized spacial score (nSPS) is 21.8. The molecule has 166 valence electrons. The number of aromatic carboxylic acids is 1. The van der Waals surface area contributed by atoms with Crippen LogP contribution in [-0.2, 0) is 9.59 Å². The number of nitrogens with zero attached hydrogens (tertiary/aromatic N) is 2. The first kappa shape index (κ1) is 22.5. The first-order chi connectivity index (χ1) is 15.0. The summed E-state index contributed by atoms with van der Waals surface area (Å²) >= 11 is 12.7. The third-order valence-corrected chi connectivity index (χ3v) is 6.54. The summed E-state index contributed by atoms with van der Waals surface area (Å²) in [6, 6.07) is 8.62. The molecule has 2 unspecified atom stereocenters. The van der Waals surface area contributed by atoms with E-state index in [0.29, 0.717) is 45.5 Å². The van der Waals surface area contributed by atoms with E-state index in [4.69, 9.17) is 28.2 Å². The Morgan fingerprint density at radius 1 is 1.12 bits per heavy atom. The fourth-order valence-electron chi connectivity index (χ4n) is 4.72. The highest BCUT2D eigenvalue weighted by atomic mass is 35.5. The summed E-state index contributed by atoms with van der Waals surface area (Å²) in [4.78, 5) is 44.4. The van der Waals surface area contributed by atoms with Crippen molar-refractivity contribution in [3.63, 3.8) is 0 Å². The van der Waals surface area contributed by atoms with Crippen LogP contribution in [0.5, 0.6) is 0 Å². The minimum absolute atomic E-state index is 0.0210. The second-order valence-corrected chi connectivity index (χ2v) is 9.92. The molecular formula is C24H22Cl2N2O4. The van der Waals surface area contributed by atoms with Crippen molar-refractivity contribution in [1.29, 1.82) is 0 Å². The van der Waals surface area contributed by atoms with Crippen LogP contribution in [0.25, 0.3) is 0 Å². The van der Waals surface area contributed by atoms with E-state index in [1.807, 2.05) is 13.8 Å². The minimum Gasteiger partial charge on any atom is -0.478 e. The lowest BCUT2D eigenvalue weighted by Gasteiger charge is -2.41. The third-order valence-electron chi connectivity index (χ3n) is 5.98. The van der Waals surface area contributed by atoms with Crippen LogP contribution >= 0.6 is 23.2 Å². The lowest BCUT2D eigenvalue weighted by Crippen LogP contribution is -2.47. The standard InChI is InChI=1S/C24H22Cl2N2O4/c1-12(29)28-19-8-13(23(31)32)4-7-17(19)27-18-10-24(2,3)11-20(30)21(18)22(28)15-6-5-14(25)9-16(15)26/h4-9,21-22H,10-11H2,1-3H3,(H,31,32). The molecule has 32 heavy (non-hydrogen) atoms. The van der Waals surface area contributed by atoms with Gasteiger partial charge in [-0.1, -0.05) is 43.1 Å². The highest BCUT2D eigenvalue weighted by Gasteiger charge is 2.47. The lowest BCUT2D eigenvalue weighted by molar-refractivity contribution is -0.124. The number of amides is 1. The van der Waals surface area contributed by atoms with E-state index in [0.717, 1.165) is 0 Å². The van der Waals surface area contributed by atoms with Gasteiger partial charge in [-0.25, -0.2) is 4.79 Å². The molecule has 2 aliphatic rings. The zero-order chi connectivity index (χ0) is 23.4. The van der Waals surface area contributed by atoms with E-state index in [9.17, 15) is 19.5 Å². The van der Waals surface area contributed by atoms with Crippen LogP contribution < -0.4 is 4.90 Å². The monoisotopic (exact) mass is 472 g/mol. The fourth-order valence-corrected chi connectivity index (χ4v) is 5.24. The average Bonchev–Trinajstić information content (AvgIpc) is 2.80. The highest BCUT2D eigenvalue weighted by Crippen LogP contribution is 2.49. The van der Waals surface area contributed by atoms with Gasteiger partial charge in [-0.05, 0) is 47.7 Å². The summed E-state index contributed by atoms with van der Waals surface area (Å²) in [5.74, 6) is -2.21. The van der Waals surface area contributed by atoms with Crippen molar-refractivity contribution in [3.05, 3.63) is 57.6 Å². The number of Topliss-reactive ketones (excluding diaryl/α,β-unsaturated/α-hetero) is 1. The maximum atomic E-state index is 13.5. The number of fused-ring (bicyclic) bond motifs is 2. The number of carboxylic acid groups (broad SMARTS) is 1. The van der Waals surface area contributed by atoms with Crippen LogP contribution in [0.1, 0.15) is 55.6 Å². The van der Waals surface area contributed by atoms with Crippen LogP contribution in [0.3, 0.4) is 0 Å². The first-order valence-electron chi connectivity index (χ1n) is 10.2. The van der Waals surface area contributed by atoms with Gasteiger partial charge in [0.25, 0.3) is 0 Å². The minimum atomic E-state index is -1.12. The van der Waals surface area contributed by atoms with E-state index in [1.54, 1.807) is 24.3 Å². The Hall–Kier alpha value is -2.70. The molecule has 2 aromatic rings. The van der Waals surface area contributed by atoms with Gasteiger partial charge in [-0.15, -0.1) is 0 Å². The molecule has 2 atom stereocenters. The smallest absolute Gasteiger partial charge is 0.335 e. The molecule has 2 aromatic carbocycles. The fraction of sp³-hybridized carbons (Fsp3) is 0.333. The van der Waals surface area contributed by atoms with Crippen molar-refractivity contribution in [3.8, 4) is 0 Å². The predicted molar refractivity (Wildman–Crippen MR) is 124 cm³/mol. The van der Waals surface area contributed by atoms with E-state index >= 15 is 0 Å². The van der Waals surface area contributed by atoms with Gasteiger partial charge < -0.3 is 10.0 Å². The number of carbonyl (C=O) groups is 3. The number of aliphatic imine (C=N–C) groups is 1. The Morgan fingerprint density at radius 2 is 1.84 bits per heavy atom. The Kier molecular flexibility index (Phi) is 5.63. The Morgan fingerprint density at radius 3 is 2.47 bits per heavy atom. The van der Waals surface area contributed by atoms with Gasteiger partial charge in [0, 0.05) is 29.1 Å². The van der Waals surface area contributed by atoms with Crippen molar-refractivity contribution in [2.24, 2.45) is 16.3 Å². The summed E-state index contributed by atoms with van der Waals surface area (Å²) in [5.41, 5.74) is 1.74. The summed E-state index contributed by atoms with van der Waals surface area (Å²) in [6.07, 6.45) is 0.901. The Labute approximate surface area is 195 Å². The van der Waals surface area contributed by atoms with Crippen molar-refractivity contribution < 1.29 is 19.5 Å². The van der Waals surface area contributed by atoms with Gasteiger partial charge in [0.15, 0.2) is 0 Å². The molecule has 0 spiro atoms. The Balaban J connectivity index is 2.04. The number of halogens is 2. The van der Waals surface area contributed by atoms with Crippen LogP contribution in [0.15, 0.2) is 41.4 Å². The summed E-state index contributed by atoms with van der Waals surface area (Å²) < 4.78 is 0. The van der Waals surface area contributed by atoms with Crippen molar-refractivity contribution in [2.75, 3.05) is 4.90 Å².